The molecule has 0 amide bonds. The SMILES string of the molecule is CN(CC#N)C1CC2CCC1CC2. The zero-order valence-electron chi connectivity index (χ0n) is 8.37. The Morgan fingerprint density at radius 2 is 2.00 bits per heavy atom. The lowest BCUT2D eigenvalue weighted by Gasteiger charge is -2.45. The summed E-state index contributed by atoms with van der Waals surface area (Å²) in [5.74, 6) is 1.86. The summed E-state index contributed by atoms with van der Waals surface area (Å²) in [5.41, 5.74) is 0. The van der Waals surface area contributed by atoms with Crippen LogP contribution in [0, 0.1) is 23.2 Å². The minimum absolute atomic E-state index is 0.605. The Kier molecular flexibility index (Phi) is 2.55. The molecule has 0 aliphatic heterocycles. The largest absolute Gasteiger partial charge is 0.290 e. The fourth-order valence-electron chi connectivity index (χ4n) is 3.11. The fraction of sp³-hybridized carbons (Fsp3) is 0.909. The minimum atomic E-state index is 0.605. The lowest BCUT2D eigenvalue weighted by atomic mass is 9.67. The highest BCUT2D eigenvalue weighted by Crippen LogP contribution is 2.42. The average Bonchev–Trinajstić information content (AvgIpc) is 2.20. The van der Waals surface area contributed by atoms with Gasteiger partial charge in [0.05, 0.1) is 12.6 Å². The number of hydrogen-bond acceptors (Lipinski definition) is 2. The molecule has 0 radical (unpaired) electrons. The van der Waals surface area contributed by atoms with Crippen LogP contribution in [-0.4, -0.2) is 24.5 Å². The van der Waals surface area contributed by atoms with Gasteiger partial charge in [-0.05, 0) is 38.1 Å². The smallest absolute Gasteiger partial charge is 0.0865 e. The number of fused-ring (bicyclic) bond motifs is 3. The Labute approximate surface area is 80.5 Å². The molecular weight excluding hydrogens is 160 g/mol. The van der Waals surface area contributed by atoms with Crippen LogP contribution in [0.15, 0.2) is 0 Å². The Bertz CT molecular complexity index is 211. The Balaban J connectivity index is 1.97. The van der Waals surface area contributed by atoms with E-state index in [1.54, 1.807) is 0 Å². The molecule has 2 bridgehead atoms. The summed E-state index contributed by atoms with van der Waals surface area (Å²) < 4.78 is 0. The molecule has 3 fully saturated rings. The summed E-state index contributed by atoms with van der Waals surface area (Å²) in [6.07, 6.45) is 7.06. The van der Waals surface area contributed by atoms with E-state index in [9.17, 15) is 0 Å². The van der Waals surface area contributed by atoms with Gasteiger partial charge in [0.25, 0.3) is 0 Å². The van der Waals surface area contributed by atoms with Gasteiger partial charge in [0.15, 0.2) is 0 Å². The summed E-state index contributed by atoms with van der Waals surface area (Å²) in [7, 11) is 2.11. The average molecular weight is 178 g/mol. The van der Waals surface area contributed by atoms with Crippen molar-refractivity contribution in [3.63, 3.8) is 0 Å². The lowest BCUT2D eigenvalue weighted by molar-refractivity contribution is 0.0563. The Morgan fingerprint density at radius 1 is 1.31 bits per heavy atom. The van der Waals surface area contributed by atoms with Gasteiger partial charge in [-0.25, -0.2) is 0 Å². The third-order valence-corrected chi connectivity index (χ3v) is 3.90. The third kappa shape index (κ3) is 1.71. The van der Waals surface area contributed by atoms with E-state index in [1.807, 2.05) is 0 Å². The molecule has 2 heteroatoms. The van der Waals surface area contributed by atoms with Crippen LogP contribution in [0.5, 0.6) is 0 Å². The van der Waals surface area contributed by atoms with Gasteiger partial charge in [0, 0.05) is 6.04 Å². The summed E-state index contributed by atoms with van der Waals surface area (Å²) >= 11 is 0. The lowest BCUT2D eigenvalue weighted by Crippen LogP contribution is -2.45. The van der Waals surface area contributed by atoms with Crippen LogP contribution in [0.1, 0.15) is 32.1 Å². The molecule has 0 aromatic carbocycles. The molecule has 3 rings (SSSR count). The Hall–Kier alpha value is -0.550. The second-order valence-electron chi connectivity index (χ2n) is 4.66. The van der Waals surface area contributed by atoms with Gasteiger partial charge in [0.1, 0.15) is 0 Å². The molecule has 0 N–H and O–H groups in total. The first-order valence-corrected chi connectivity index (χ1v) is 5.38. The zero-order chi connectivity index (χ0) is 9.26. The predicted octanol–water partition coefficient (Wildman–Crippen LogP) is 2.02. The van der Waals surface area contributed by atoms with E-state index in [0.29, 0.717) is 12.6 Å². The van der Waals surface area contributed by atoms with Crippen molar-refractivity contribution < 1.29 is 0 Å². The van der Waals surface area contributed by atoms with Crippen molar-refractivity contribution in [2.24, 2.45) is 11.8 Å². The molecule has 0 aromatic heterocycles. The van der Waals surface area contributed by atoms with Crippen LogP contribution in [-0.2, 0) is 0 Å². The van der Waals surface area contributed by atoms with Crippen LogP contribution in [0.4, 0.5) is 0 Å². The highest BCUT2D eigenvalue weighted by molar-refractivity contribution is 4.92. The highest BCUT2D eigenvalue weighted by atomic mass is 15.1. The van der Waals surface area contributed by atoms with E-state index >= 15 is 0 Å². The summed E-state index contributed by atoms with van der Waals surface area (Å²) in [4.78, 5) is 2.26. The standard InChI is InChI=1S/C11H18N2/c1-13(7-6-12)11-8-9-2-4-10(11)5-3-9/h9-11H,2-5,7-8H2,1H3. The van der Waals surface area contributed by atoms with Gasteiger partial charge in [-0.15, -0.1) is 0 Å². The molecular formula is C11H18N2. The van der Waals surface area contributed by atoms with Crippen molar-refractivity contribution >= 4 is 0 Å². The zero-order valence-corrected chi connectivity index (χ0v) is 8.37. The van der Waals surface area contributed by atoms with Crippen molar-refractivity contribution in [2.75, 3.05) is 13.6 Å². The molecule has 1 unspecified atom stereocenters. The van der Waals surface area contributed by atoms with Crippen LogP contribution in [0.25, 0.3) is 0 Å². The van der Waals surface area contributed by atoms with Gasteiger partial charge < -0.3 is 0 Å². The van der Waals surface area contributed by atoms with Crippen LogP contribution in [0.3, 0.4) is 0 Å². The second-order valence-corrected chi connectivity index (χ2v) is 4.66. The van der Waals surface area contributed by atoms with Crippen LogP contribution >= 0.6 is 0 Å². The minimum Gasteiger partial charge on any atom is -0.290 e. The molecule has 13 heavy (non-hydrogen) atoms. The quantitative estimate of drug-likeness (QED) is 0.605. The normalized spacial score (nSPS) is 37.8. The van der Waals surface area contributed by atoms with Crippen molar-refractivity contribution in [1.82, 2.24) is 4.90 Å². The molecule has 72 valence electrons. The van der Waals surface area contributed by atoms with Gasteiger partial charge in [-0.2, -0.15) is 5.26 Å². The van der Waals surface area contributed by atoms with Crippen LogP contribution in [0.2, 0.25) is 0 Å². The van der Waals surface area contributed by atoms with E-state index in [4.69, 9.17) is 5.26 Å². The van der Waals surface area contributed by atoms with Gasteiger partial charge in [0.2, 0.25) is 0 Å². The van der Waals surface area contributed by atoms with Gasteiger partial charge >= 0.3 is 0 Å². The fourth-order valence-corrected chi connectivity index (χ4v) is 3.11. The predicted molar refractivity (Wildman–Crippen MR) is 52.1 cm³/mol. The molecule has 3 aliphatic rings. The van der Waals surface area contributed by atoms with Gasteiger partial charge in [-0.1, -0.05) is 12.8 Å². The third-order valence-electron chi connectivity index (χ3n) is 3.90. The Morgan fingerprint density at radius 3 is 2.46 bits per heavy atom. The summed E-state index contributed by atoms with van der Waals surface area (Å²) in [5, 5.41) is 8.65. The first-order chi connectivity index (χ1) is 6.31. The highest BCUT2D eigenvalue weighted by Gasteiger charge is 2.37. The van der Waals surface area contributed by atoms with E-state index < -0.39 is 0 Å². The number of rotatable bonds is 2. The molecule has 0 heterocycles. The summed E-state index contributed by atoms with van der Waals surface area (Å²) in [6, 6.07) is 2.97. The maximum atomic E-state index is 8.65. The molecule has 2 nitrogen and oxygen atoms in total. The van der Waals surface area contributed by atoms with Crippen molar-refractivity contribution in [3.05, 3.63) is 0 Å². The molecule has 3 aliphatic carbocycles. The monoisotopic (exact) mass is 178 g/mol. The summed E-state index contributed by atoms with van der Waals surface area (Å²) in [6.45, 7) is 0.605. The van der Waals surface area contributed by atoms with E-state index in [0.717, 1.165) is 11.8 Å². The van der Waals surface area contributed by atoms with Crippen molar-refractivity contribution in [2.45, 2.75) is 38.1 Å². The maximum Gasteiger partial charge on any atom is 0.0865 e. The number of nitriles is 1. The molecule has 1 atom stereocenters. The number of hydrogen-bond donors (Lipinski definition) is 0. The second kappa shape index (κ2) is 3.67. The van der Waals surface area contributed by atoms with E-state index in [-0.39, 0.29) is 0 Å². The van der Waals surface area contributed by atoms with Crippen molar-refractivity contribution in [1.29, 1.82) is 5.26 Å². The molecule has 0 saturated heterocycles. The van der Waals surface area contributed by atoms with Crippen LogP contribution < -0.4 is 0 Å². The topological polar surface area (TPSA) is 27.0 Å². The molecule has 3 saturated carbocycles. The first-order valence-electron chi connectivity index (χ1n) is 5.38. The van der Waals surface area contributed by atoms with Crippen molar-refractivity contribution in [3.8, 4) is 6.07 Å². The maximum absolute atomic E-state index is 8.65. The first kappa shape index (κ1) is 9.02. The van der Waals surface area contributed by atoms with E-state index in [2.05, 4.69) is 18.0 Å². The van der Waals surface area contributed by atoms with Gasteiger partial charge in [-0.3, -0.25) is 4.90 Å². The van der Waals surface area contributed by atoms with E-state index in [1.165, 1.54) is 32.1 Å². The molecule has 0 spiro atoms. The number of nitrogens with zero attached hydrogens (tertiary/aromatic N) is 2. The molecule has 0 aromatic rings.